The maximum Gasteiger partial charge on any atom is 0.168 e. The Morgan fingerprint density at radius 3 is 2.62 bits per heavy atom. The van der Waals surface area contributed by atoms with Gasteiger partial charge in [-0.25, -0.2) is 8.78 Å². The molecule has 0 saturated heterocycles. The predicted octanol–water partition coefficient (Wildman–Crippen LogP) is 3.05. The Morgan fingerprint density at radius 2 is 2.08 bits per heavy atom. The number of ether oxygens (including phenoxy) is 1. The van der Waals surface area contributed by atoms with Gasteiger partial charge in [0, 0.05) is 11.4 Å². The van der Waals surface area contributed by atoms with Gasteiger partial charge in [-0.05, 0) is 18.6 Å². The summed E-state index contributed by atoms with van der Waals surface area (Å²) >= 11 is 3.15. The molecule has 0 aliphatic rings. The van der Waals surface area contributed by atoms with Crippen molar-refractivity contribution in [1.82, 2.24) is 0 Å². The second kappa shape index (κ2) is 4.56. The molecule has 0 atom stereocenters. The van der Waals surface area contributed by atoms with Crippen molar-refractivity contribution in [1.29, 1.82) is 0 Å². The Bertz CT molecular complexity index is 279. The molecule has 13 heavy (non-hydrogen) atoms. The lowest BCUT2D eigenvalue weighted by molar-refractivity contribution is 0.322. The van der Waals surface area contributed by atoms with Crippen LogP contribution in [-0.2, 0) is 0 Å². The van der Waals surface area contributed by atoms with Crippen LogP contribution in [0.2, 0.25) is 0 Å². The van der Waals surface area contributed by atoms with Gasteiger partial charge in [0.2, 0.25) is 0 Å². The molecule has 0 radical (unpaired) electrons. The third-order valence-electron chi connectivity index (χ3n) is 1.52. The lowest BCUT2D eigenvalue weighted by atomic mass is 10.2. The number of hydrogen-bond acceptors (Lipinski definition) is 1. The molecular formula is C9H9BrF2O. The molecule has 0 unspecified atom stereocenters. The van der Waals surface area contributed by atoms with E-state index in [2.05, 4.69) is 15.9 Å². The maximum absolute atomic E-state index is 13.1. The summed E-state index contributed by atoms with van der Waals surface area (Å²) < 4.78 is 30.8. The Morgan fingerprint density at radius 1 is 1.38 bits per heavy atom. The van der Waals surface area contributed by atoms with Gasteiger partial charge in [-0.1, -0.05) is 15.9 Å². The van der Waals surface area contributed by atoms with Crippen LogP contribution in [0, 0.1) is 18.6 Å². The van der Waals surface area contributed by atoms with Gasteiger partial charge in [-0.15, -0.1) is 0 Å². The van der Waals surface area contributed by atoms with Crippen LogP contribution in [-0.4, -0.2) is 11.9 Å². The van der Waals surface area contributed by atoms with Crippen LogP contribution in [0.4, 0.5) is 8.78 Å². The quantitative estimate of drug-likeness (QED) is 0.750. The predicted molar refractivity (Wildman–Crippen MR) is 50.4 cm³/mol. The zero-order chi connectivity index (χ0) is 9.84. The molecule has 0 fully saturated rings. The van der Waals surface area contributed by atoms with Crippen molar-refractivity contribution in [3.63, 3.8) is 0 Å². The summed E-state index contributed by atoms with van der Waals surface area (Å²) in [4.78, 5) is 0. The van der Waals surface area contributed by atoms with E-state index >= 15 is 0 Å². The molecule has 4 heteroatoms. The highest BCUT2D eigenvalue weighted by atomic mass is 79.9. The fourth-order valence-corrected chi connectivity index (χ4v) is 1.17. The van der Waals surface area contributed by atoms with Crippen LogP contribution in [0.5, 0.6) is 5.75 Å². The van der Waals surface area contributed by atoms with Crippen molar-refractivity contribution < 1.29 is 13.5 Å². The first-order valence-corrected chi connectivity index (χ1v) is 4.91. The molecule has 0 aliphatic heterocycles. The molecule has 0 saturated carbocycles. The molecule has 1 aromatic carbocycles. The Balaban J connectivity index is 2.92. The lowest BCUT2D eigenvalue weighted by Crippen LogP contribution is -2.02. The average Bonchev–Trinajstić information content (AvgIpc) is 2.02. The summed E-state index contributed by atoms with van der Waals surface area (Å²) in [6.07, 6.45) is 0. The minimum atomic E-state index is -0.654. The van der Waals surface area contributed by atoms with Gasteiger partial charge in [0.15, 0.2) is 11.6 Å². The number of aryl methyl sites for hydroxylation is 1. The van der Waals surface area contributed by atoms with Crippen LogP contribution in [0.1, 0.15) is 5.56 Å². The molecule has 0 N–H and O–H groups in total. The summed E-state index contributed by atoms with van der Waals surface area (Å²) in [5.74, 6) is -1.11. The molecule has 0 heterocycles. The fraction of sp³-hybridized carbons (Fsp3) is 0.333. The number of rotatable bonds is 3. The Kier molecular flexibility index (Phi) is 3.66. The van der Waals surface area contributed by atoms with Crippen molar-refractivity contribution in [2.75, 3.05) is 11.9 Å². The highest BCUT2D eigenvalue weighted by Gasteiger charge is 2.08. The fourth-order valence-electron chi connectivity index (χ4n) is 1.01. The van der Waals surface area contributed by atoms with E-state index in [1.807, 2.05) is 0 Å². The molecule has 0 amide bonds. The van der Waals surface area contributed by atoms with Crippen LogP contribution >= 0.6 is 15.9 Å². The van der Waals surface area contributed by atoms with Crippen molar-refractivity contribution in [2.45, 2.75) is 6.92 Å². The molecule has 1 aromatic rings. The number of halogens is 3. The largest absolute Gasteiger partial charge is 0.489 e. The van der Waals surface area contributed by atoms with Crippen LogP contribution in [0.15, 0.2) is 12.1 Å². The van der Waals surface area contributed by atoms with E-state index in [0.717, 1.165) is 6.07 Å². The second-order valence-electron chi connectivity index (χ2n) is 2.57. The van der Waals surface area contributed by atoms with E-state index in [1.54, 1.807) is 6.92 Å². The monoisotopic (exact) mass is 250 g/mol. The standard InChI is InChI=1S/C9H9BrF2O/c1-6-4-7(11)5-8(12)9(6)13-3-2-10/h4-5H,2-3H2,1H3. The van der Waals surface area contributed by atoms with E-state index < -0.39 is 11.6 Å². The van der Waals surface area contributed by atoms with Crippen LogP contribution in [0.3, 0.4) is 0 Å². The first kappa shape index (κ1) is 10.4. The highest BCUT2D eigenvalue weighted by molar-refractivity contribution is 9.09. The number of alkyl halides is 1. The van der Waals surface area contributed by atoms with Gasteiger partial charge >= 0.3 is 0 Å². The summed E-state index contributed by atoms with van der Waals surface area (Å²) in [6, 6.07) is 2.06. The lowest BCUT2D eigenvalue weighted by Gasteiger charge is -2.08. The van der Waals surface area contributed by atoms with Gasteiger partial charge in [0.1, 0.15) is 5.82 Å². The highest BCUT2D eigenvalue weighted by Crippen LogP contribution is 2.23. The third kappa shape index (κ3) is 2.66. The van der Waals surface area contributed by atoms with E-state index in [9.17, 15) is 8.78 Å². The molecular weight excluding hydrogens is 242 g/mol. The molecule has 1 nitrogen and oxygen atoms in total. The number of benzene rings is 1. The normalized spacial score (nSPS) is 10.2. The van der Waals surface area contributed by atoms with Gasteiger partial charge < -0.3 is 4.74 Å². The van der Waals surface area contributed by atoms with Crippen molar-refractivity contribution in [3.05, 3.63) is 29.3 Å². The third-order valence-corrected chi connectivity index (χ3v) is 1.84. The smallest absolute Gasteiger partial charge is 0.168 e. The molecule has 0 aromatic heterocycles. The van der Waals surface area contributed by atoms with Gasteiger partial charge in [0.05, 0.1) is 6.61 Å². The van der Waals surface area contributed by atoms with E-state index in [-0.39, 0.29) is 5.75 Å². The average molecular weight is 251 g/mol. The molecule has 0 bridgehead atoms. The Labute approximate surface area is 83.8 Å². The van der Waals surface area contributed by atoms with Crippen LogP contribution in [0.25, 0.3) is 0 Å². The van der Waals surface area contributed by atoms with Crippen molar-refractivity contribution >= 4 is 15.9 Å². The minimum Gasteiger partial charge on any atom is -0.489 e. The van der Waals surface area contributed by atoms with Crippen molar-refractivity contribution in [2.24, 2.45) is 0 Å². The van der Waals surface area contributed by atoms with Gasteiger partial charge in [0.25, 0.3) is 0 Å². The molecule has 72 valence electrons. The summed E-state index contributed by atoms with van der Waals surface area (Å²) in [5, 5.41) is 0.614. The van der Waals surface area contributed by atoms with Gasteiger partial charge in [-0.3, -0.25) is 0 Å². The first-order chi connectivity index (χ1) is 6.15. The number of hydrogen-bond donors (Lipinski definition) is 0. The topological polar surface area (TPSA) is 9.23 Å². The molecule has 0 spiro atoms. The van der Waals surface area contributed by atoms with Crippen LogP contribution < -0.4 is 4.74 Å². The molecule has 1 rings (SSSR count). The molecule has 0 aliphatic carbocycles. The van der Waals surface area contributed by atoms with Gasteiger partial charge in [-0.2, -0.15) is 0 Å². The van der Waals surface area contributed by atoms with E-state index in [0.29, 0.717) is 17.5 Å². The maximum atomic E-state index is 13.1. The second-order valence-corrected chi connectivity index (χ2v) is 3.36. The Hall–Kier alpha value is -0.640. The summed E-state index contributed by atoms with van der Waals surface area (Å²) in [5.41, 5.74) is 0.471. The van der Waals surface area contributed by atoms with Crippen molar-refractivity contribution in [3.8, 4) is 5.75 Å². The van der Waals surface area contributed by atoms with E-state index in [4.69, 9.17) is 4.74 Å². The first-order valence-electron chi connectivity index (χ1n) is 3.79. The SMILES string of the molecule is Cc1cc(F)cc(F)c1OCCBr. The summed E-state index contributed by atoms with van der Waals surface area (Å²) in [6.45, 7) is 1.97. The summed E-state index contributed by atoms with van der Waals surface area (Å²) in [7, 11) is 0. The minimum absolute atomic E-state index is 0.126. The zero-order valence-corrected chi connectivity index (χ0v) is 8.70. The van der Waals surface area contributed by atoms with E-state index in [1.165, 1.54) is 6.07 Å². The zero-order valence-electron chi connectivity index (χ0n) is 7.11.